The molecule has 0 saturated carbocycles. The zero-order chi connectivity index (χ0) is 22.6. The third-order valence-electron chi connectivity index (χ3n) is 4.49. The number of aromatic nitrogens is 3. The molecular formula is C20H20F3N5O2S. The van der Waals surface area contributed by atoms with Crippen LogP contribution in [0.3, 0.4) is 0 Å². The van der Waals surface area contributed by atoms with Gasteiger partial charge in [0.2, 0.25) is 11.7 Å². The second-order valence-corrected chi connectivity index (χ2v) is 7.39. The zero-order valence-corrected chi connectivity index (χ0v) is 17.6. The van der Waals surface area contributed by atoms with Gasteiger partial charge in [-0.2, -0.15) is 13.2 Å². The molecule has 0 aliphatic rings. The molecule has 31 heavy (non-hydrogen) atoms. The first kappa shape index (κ1) is 22.5. The van der Waals surface area contributed by atoms with Crippen molar-refractivity contribution >= 4 is 23.2 Å². The molecule has 0 spiro atoms. The van der Waals surface area contributed by atoms with Crippen molar-refractivity contribution in [1.29, 1.82) is 0 Å². The van der Waals surface area contributed by atoms with Crippen molar-refractivity contribution in [2.75, 3.05) is 19.6 Å². The Morgan fingerprint density at radius 3 is 2.52 bits per heavy atom. The van der Waals surface area contributed by atoms with Crippen molar-refractivity contribution in [3.63, 3.8) is 0 Å². The number of hydrogen-bond acceptors (Lipinski definition) is 5. The van der Waals surface area contributed by atoms with E-state index in [9.17, 15) is 22.8 Å². The van der Waals surface area contributed by atoms with Crippen molar-refractivity contribution in [2.24, 2.45) is 0 Å². The maximum Gasteiger partial charge on any atom is 0.416 e. The predicted molar refractivity (Wildman–Crippen MR) is 110 cm³/mol. The molecule has 0 saturated heterocycles. The van der Waals surface area contributed by atoms with Gasteiger partial charge in [-0.3, -0.25) is 9.59 Å². The molecular weight excluding hydrogens is 431 g/mol. The van der Waals surface area contributed by atoms with Crippen LogP contribution < -0.4 is 5.32 Å². The molecule has 2 heterocycles. The minimum absolute atomic E-state index is 0.115. The molecule has 3 aromatic rings. The number of benzene rings is 1. The highest BCUT2D eigenvalue weighted by atomic mass is 32.1. The number of halogens is 3. The third-order valence-corrected chi connectivity index (χ3v) is 5.35. The quantitative estimate of drug-likeness (QED) is 0.595. The number of rotatable bonds is 7. The van der Waals surface area contributed by atoms with Crippen LogP contribution in [0.15, 0.2) is 41.8 Å². The van der Waals surface area contributed by atoms with Gasteiger partial charge < -0.3 is 10.2 Å². The van der Waals surface area contributed by atoms with Gasteiger partial charge >= 0.3 is 6.18 Å². The lowest BCUT2D eigenvalue weighted by molar-refractivity contribution is -0.137. The number of nitrogens with zero attached hydrogens (tertiary/aromatic N) is 4. The van der Waals surface area contributed by atoms with E-state index >= 15 is 0 Å². The molecule has 1 N–H and O–H groups in total. The van der Waals surface area contributed by atoms with Crippen LogP contribution in [-0.4, -0.2) is 51.1 Å². The van der Waals surface area contributed by atoms with E-state index in [1.165, 1.54) is 28.2 Å². The molecule has 0 bridgehead atoms. The highest BCUT2D eigenvalue weighted by Crippen LogP contribution is 2.32. The molecule has 0 aliphatic carbocycles. The fraction of sp³-hybridized carbons (Fsp3) is 0.300. The second kappa shape index (κ2) is 9.29. The molecule has 2 amide bonds. The summed E-state index contributed by atoms with van der Waals surface area (Å²) in [6.45, 7) is 4.45. The van der Waals surface area contributed by atoms with Crippen molar-refractivity contribution in [1.82, 2.24) is 25.0 Å². The summed E-state index contributed by atoms with van der Waals surface area (Å²) in [4.78, 5) is 31.1. The highest BCUT2D eigenvalue weighted by molar-refractivity contribution is 7.13. The lowest BCUT2D eigenvalue weighted by Gasteiger charge is -2.18. The molecule has 2 aromatic heterocycles. The molecule has 11 heteroatoms. The number of thiophene rings is 1. The molecule has 7 nitrogen and oxygen atoms in total. The van der Waals surface area contributed by atoms with Gasteiger partial charge in [0.25, 0.3) is 5.91 Å². The van der Waals surface area contributed by atoms with Gasteiger partial charge in [0, 0.05) is 13.1 Å². The van der Waals surface area contributed by atoms with E-state index in [0.29, 0.717) is 18.0 Å². The number of carbonyl (C=O) groups is 2. The number of nitrogens with one attached hydrogen (secondary N) is 1. The summed E-state index contributed by atoms with van der Waals surface area (Å²) in [6, 6.07) is 8.10. The molecule has 1 aromatic carbocycles. The van der Waals surface area contributed by atoms with E-state index < -0.39 is 17.6 Å². The fourth-order valence-electron chi connectivity index (χ4n) is 2.89. The molecule has 164 valence electrons. The monoisotopic (exact) mass is 451 g/mol. The van der Waals surface area contributed by atoms with E-state index in [4.69, 9.17) is 0 Å². The first-order valence-corrected chi connectivity index (χ1v) is 10.4. The van der Waals surface area contributed by atoms with Crippen LogP contribution in [0, 0.1) is 0 Å². The number of carbonyl (C=O) groups excluding carboxylic acids is 2. The Bertz CT molecular complexity index is 1060. The van der Waals surface area contributed by atoms with Gasteiger partial charge in [-0.1, -0.05) is 12.1 Å². The second-order valence-electron chi connectivity index (χ2n) is 6.44. The normalized spacial score (nSPS) is 11.4. The Labute approximate surface area is 180 Å². The standard InChI is InChI=1S/C20H20F3N5O2S/c1-3-27(4-2)16(29)12-24-19(30)17-25-18(15-9-6-10-31-15)28(26-17)14-8-5-7-13(11-14)20(21,22)23/h5-11H,3-4,12H2,1-2H3,(H,24,30). The Balaban J connectivity index is 1.93. The van der Waals surface area contributed by atoms with Gasteiger partial charge in [-0.05, 0) is 43.5 Å². The Morgan fingerprint density at radius 2 is 1.90 bits per heavy atom. The molecule has 0 radical (unpaired) electrons. The van der Waals surface area contributed by atoms with Crippen molar-refractivity contribution < 1.29 is 22.8 Å². The van der Waals surface area contributed by atoms with Crippen LogP contribution in [0.5, 0.6) is 0 Å². The minimum atomic E-state index is -4.52. The van der Waals surface area contributed by atoms with E-state index in [-0.39, 0.29) is 29.8 Å². The smallest absolute Gasteiger partial charge is 0.342 e. The predicted octanol–water partition coefficient (Wildman–Crippen LogP) is 3.61. The van der Waals surface area contributed by atoms with Gasteiger partial charge in [-0.25, -0.2) is 9.67 Å². The van der Waals surface area contributed by atoms with Gasteiger partial charge in [0.05, 0.1) is 22.7 Å². The van der Waals surface area contributed by atoms with E-state index in [2.05, 4.69) is 15.4 Å². The lowest BCUT2D eigenvalue weighted by atomic mass is 10.2. The largest absolute Gasteiger partial charge is 0.416 e. The van der Waals surface area contributed by atoms with Gasteiger partial charge in [0.1, 0.15) is 0 Å². The molecule has 0 aliphatic heterocycles. The Hall–Kier alpha value is -3.21. The maximum atomic E-state index is 13.1. The summed E-state index contributed by atoms with van der Waals surface area (Å²) in [5.41, 5.74) is -0.725. The van der Waals surface area contributed by atoms with Crippen LogP contribution in [0.1, 0.15) is 30.0 Å². The summed E-state index contributed by atoms with van der Waals surface area (Å²) in [7, 11) is 0. The lowest BCUT2D eigenvalue weighted by Crippen LogP contribution is -2.40. The molecule has 0 fully saturated rings. The highest BCUT2D eigenvalue weighted by Gasteiger charge is 2.31. The van der Waals surface area contributed by atoms with Crippen molar-refractivity contribution in [2.45, 2.75) is 20.0 Å². The summed E-state index contributed by atoms with van der Waals surface area (Å²) >= 11 is 1.31. The molecule has 3 rings (SSSR count). The number of amides is 2. The van der Waals surface area contributed by atoms with Crippen molar-refractivity contribution in [3.05, 3.63) is 53.2 Å². The first-order valence-electron chi connectivity index (χ1n) is 9.49. The average molecular weight is 451 g/mol. The Morgan fingerprint density at radius 1 is 1.16 bits per heavy atom. The first-order chi connectivity index (χ1) is 14.7. The van der Waals surface area contributed by atoms with Crippen LogP contribution >= 0.6 is 11.3 Å². The van der Waals surface area contributed by atoms with E-state index in [0.717, 1.165) is 12.1 Å². The van der Waals surface area contributed by atoms with Crippen LogP contribution in [0.2, 0.25) is 0 Å². The fourth-order valence-corrected chi connectivity index (χ4v) is 3.59. The minimum Gasteiger partial charge on any atom is -0.342 e. The SMILES string of the molecule is CCN(CC)C(=O)CNC(=O)c1nc(-c2cccs2)n(-c2cccc(C(F)(F)F)c2)n1. The third kappa shape index (κ3) is 5.10. The zero-order valence-electron chi connectivity index (χ0n) is 16.8. The topological polar surface area (TPSA) is 80.1 Å². The van der Waals surface area contributed by atoms with E-state index in [1.54, 1.807) is 22.4 Å². The Kier molecular flexibility index (Phi) is 6.74. The van der Waals surface area contributed by atoms with Crippen LogP contribution in [0.4, 0.5) is 13.2 Å². The van der Waals surface area contributed by atoms with Gasteiger partial charge in [0.15, 0.2) is 5.82 Å². The van der Waals surface area contributed by atoms with E-state index in [1.807, 2.05) is 13.8 Å². The summed E-state index contributed by atoms with van der Waals surface area (Å²) in [5.74, 6) is -0.958. The maximum absolute atomic E-state index is 13.1. The van der Waals surface area contributed by atoms with Crippen LogP contribution in [0.25, 0.3) is 16.4 Å². The van der Waals surface area contributed by atoms with Gasteiger partial charge in [-0.15, -0.1) is 16.4 Å². The number of hydrogen-bond donors (Lipinski definition) is 1. The summed E-state index contributed by atoms with van der Waals surface area (Å²) in [6.07, 6.45) is -4.52. The molecule has 0 unspecified atom stereocenters. The summed E-state index contributed by atoms with van der Waals surface area (Å²) < 4.78 is 40.6. The van der Waals surface area contributed by atoms with Crippen LogP contribution in [-0.2, 0) is 11.0 Å². The molecule has 0 atom stereocenters. The average Bonchev–Trinajstić information content (AvgIpc) is 3.42. The number of likely N-dealkylation sites (N-methyl/N-ethyl adjacent to an activating group) is 1. The number of alkyl halides is 3. The van der Waals surface area contributed by atoms with Crippen molar-refractivity contribution in [3.8, 4) is 16.4 Å². The summed E-state index contributed by atoms with van der Waals surface area (Å²) in [5, 5.41) is 8.39.